The number of aryl methyl sites for hydroxylation is 1. The number of nitrogens with one attached hydrogen (secondary N) is 1. The number of rotatable bonds is 5. The number of amides is 1. The first-order valence-corrected chi connectivity index (χ1v) is 9.19. The molecule has 2 aromatic rings. The van der Waals surface area contributed by atoms with Crippen LogP contribution < -0.4 is 10.9 Å². The molecular formula is C18H23N3O2S. The highest BCUT2D eigenvalue weighted by atomic mass is 32.1. The van der Waals surface area contributed by atoms with Gasteiger partial charge in [-0.1, -0.05) is 6.07 Å². The Hall–Kier alpha value is -1.92. The number of nitrogens with zero attached hydrogens (tertiary/aromatic N) is 2. The topological polar surface area (TPSA) is 54.3 Å². The first kappa shape index (κ1) is 16.9. The van der Waals surface area contributed by atoms with Crippen molar-refractivity contribution in [1.82, 2.24) is 14.8 Å². The zero-order chi connectivity index (χ0) is 16.9. The van der Waals surface area contributed by atoms with Gasteiger partial charge in [0.2, 0.25) is 0 Å². The summed E-state index contributed by atoms with van der Waals surface area (Å²) in [7, 11) is 1.67. The van der Waals surface area contributed by atoms with Gasteiger partial charge in [-0.2, -0.15) is 0 Å². The molecule has 0 saturated carbocycles. The van der Waals surface area contributed by atoms with Gasteiger partial charge in [0.25, 0.3) is 11.5 Å². The van der Waals surface area contributed by atoms with E-state index in [0.717, 1.165) is 32.5 Å². The minimum atomic E-state index is -0.164. The predicted octanol–water partition coefficient (Wildman–Crippen LogP) is 2.09. The third kappa shape index (κ3) is 4.33. The van der Waals surface area contributed by atoms with Crippen molar-refractivity contribution in [1.29, 1.82) is 0 Å². The molecular weight excluding hydrogens is 322 g/mol. The molecule has 0 spiro atoms. The van der Waals surface area contributed by atoms with Gasteiger partial charge < -0.3 is 9.88 Å². The third-order valence-corrected chi connectivity index (χ3v) is 5.34. The van der Waals surface area contributed by atoms with Crippen LogP contribution in [0.4, 0.5) is 0 Å². The predicted molar refractivity (Wildman–Crippen MR) is 96.3 cm³/mol. The minimum absolute atomic E-state index is 0.164. The van der Waals surface area contributed by atoms with E-state index in [1.165, 1.54) is 15.5 Å². The Morgan fingerprint density at radius 2 is 2.29 bits per heavy atom. The van der Waals surface area contributed by atoms with E-state index < -0.39 is 0 Å². The Morgan fingerprint density at radius 3 is 3.04 bits per heavy atom. The minimum Gasteiger partial charge on any atom is -0.352 e. The highest BCUT2D eigenvalue weighted by Gasteiger charge is 2.21. The highest BCUT2D eigenvalue weighted by molar-refractivity contribution is 7.09. The van der Waals surface area contributed by atoms with Crippen molar-refractivity contribution in [2.75, 3.05) is 19.6 Å². The molecule has 1 aliphatic heterocycles. The van der Waals surface area contributed by atoms with Gasteiger partial charge in [0.05, 0.1) is 0 Å². The maximum atomic E-state index is 12.2. The number of piperidine rings is 1. The molecule has 1 saturated heterocycles. The number of hydrogen-bond acceptors (Lipinski definition) is 4. The van der Waals surface area contributed by atoms with E-state index in [1.54, 1.807) is 30.6 Å². The number of hydrogen-bond donors (Lipinski definition) is 1. The summed E-state index contributed by atoms with van der Waals surface area (Å²) >= 11 is 1.79. The molecule has 3 rings (SSSR count). The Bertz CT molecular complexity index is 739. The summed E-state index contributed by atoms with van der Waals surface area (Å²) in [5.74, 6) is 0.303. The van der Waals surface area contributed by atoms with Crippen molar-refractivity contribution in [3.63, 3.8) is 0 Å². The average molecular weight is 345 g/mol. The van der Waals surface area contributed by atoms with Crippen molar-refractivity contribution in [2.24, 2.45) is 13.0 Å². The maximum absolute atomic E-state index is 12.2. The van der Waals surface area contributed by atoms with E-state index in [4.69, 9.17) is 0 Å². The largest absolute Gasteiger partial charge is 0.352 e. The van der Waals surface area contributed by atoms with Gasteiger partial charge in [-0.3, -0.25) is 14.5 Å². The lowest BCUT2D eigenvalue weighted by atomic mass is 9.98. The molecule has 1 aliphatic rings. The number of pyridine rings is 1. The highest BCUT2D eigenvalue weighted by Crippen LogP contribution is 2.20. The molecule has 6 heteroatoms. The van der Waals surface area contributed by atoms with Crippen LogP contribution in [0, 0.1) is 5.92 Å². The van der Waals surface area contributed by atoms with Crippen LogP contribution in [0.5, 0.6) is 0 Å². The molecule has 0 aromatic carbocycles. The van der Waals surface area contributed by atoms with E-state index in [0.29, 0.717) is 18.0 Å². The second-order valence-corrected chi connectivity index (χ2v) is 7.43. The quantitative estimate of drug-likeness (QED) is 0.903. The average Bonchev–Trinajstić information content (AvgIpc) is 3.08. The van der Waals surface area contributed by atoms with Crippen molar-refractivity contribution in [3.05, 3.63) is 56.6 Å². The molecule has 1 fully saturated rings. The van der Waals surface area contributed by atoms with Gasteiger partial charge in [0.1, 0.15) is 0 Å². The first-order chi connectivity index (χ1) is 11.6. The van der Waals surface area contributed by atoms with E-state index in [1.807, 2.05) is 0 Å². The monoisotopic (exact) mass is 345 g/mol. The fraction of sp³-hybridized carbons (Fsp3) is 0.444. The second kappa shape index (κ2) is 7.77. The summed E-state index contributed by atoms with van der Waals surface area (Å²) in [6.45, 7) is 3.79. The van der Waals surface area contributed by atoms with Crippen LogP contribution >= 0.6 is 11.3 Å². The van der Waals surface area contributed by atoms with Crippen molar-refractivity contribution in [3.8, 4) is 0 Å². The van der Waals surface area contributed by atoms with Gasteiger partial charge in [-0.25, -0.2) is 0 Å². The maximum Gasteiger partial charge on any atom is 0.251 e. The molecule has 0 radical (unpaired) electrons. The molecule has 24 heavy (non-hydrogen) atoms. The normalized spacial score (nSPS) is 18.5. The molecule has 1 N–H and O–H groups in total. The number of carbonyl (C=O) groups excluding carboxylic acids is 1. The molecule has 0 aliphatic carbocycles. The van der Waals surface area contributed by atoms with E-state index >= 15 is 0 Å². The molecule has 128 valence electrons. The van der Waals surface area contributed by atoms with E-state index in [2.05, 4.69) is 27.7 Å². The van der Waals surface area contributed by atoms with Crippen LogP contribution in [0.15, 0.2) is 40.6 Å². The Labute approximate surface area is 145 Å². The summed E-state index contributed by atoms with van der Waals surface area (Å²) < 4.78 is 1.46. The molecule has 3 heterocycles. The van der Waals surface area contributed by atoms with E-state index in [-0.39, 0.29) is 11.5 Å². The lowest BCUT2D eigenvalue weighted by Crippen LogP contribution is -2.40. The zero-order valence-electron chi connectivity index (χ0n) is 13.9. The smallest absolute Gasteiger partial charge is 0.251 e. The van der Waals surface area contributed by atoms with Crippen molar-refractivity contribution < 1.29 is 4.79 Å². The zero-order valence-corrected chi connectivity index (χ0v) is 14.7. The number of carbonyl (C=O) groups is 1. The van der Waals surface area contributed by atoms with Gasteiger partial charge >= 0.3 is 0 Å². The Balaban J connectivity index is 1.51. The summed E-state index contributed by atoms with van der Waals surface area (Å²) in [4.78, 5) is 27.7. The first-order valence-electron chi connectivity index (χ1n) is 8.31. The molecule has 5 nitrogen and oxygen atoms in total. The fourth-order valence-corrected chi connectivity index (χ4v) is 3.86. The Kier molecular flexibility index (Phi) is 5.48. The molecule has 0 unspecified atom stereocenters. The molecule has 2 aromatic heterocycles. The summed E-state index contributed by atoms with van der Waals surface area (Å²) in [5, 5.41) is 5.10. The summed E-state index contributed by atoms with van der Waals surface area (Å²) in [6.07, 6.45) is 3.93. The standard InChI is InChI=1S/C18H23N3O2S/c1-20-8-6-15(10-17(20)22)18(23)19-11-14-4-2-7-21(12-14)13-16-5-3-9-24-16/h3,5-6,8-10,14H,2,4,7,11-13H2,1H3,(H,19,23)/t14-/m0/s1. The second-order valence-electron chi connectivity index (χ2n) is 6.40. The van der Waals surface area contributed by atoms with Crippen LogP contribution in [-0.4, -0.2) is 35.0 Å². The Morgan fingerprint density at radius 1 is 1.42 bits per heavy atom. The summed E-state index contributed by atoms with van der Waals surface area (Å²) in [6, 6.07) is 7.33. The number of likely N-dealkylation sites (tertiary alicyclic amines) is 1. The van der Waals surface area contributed by atoms with Gasteiger partial charge in [-0.05, 0) is 42.8 Å². The van der Waals surface area contributed by atoms with Gasteiger partial charge in [-0.15, -0.1) is 11.3 Å². The molecule has 1 atom stereocenters. The fourth-order valence-electron chi connectivity index (χ4n) is 3.11. The third-order valence-electron chi connectivity index (χ3n) is 4.48. The van der Waals surface area contributed by atoms with Gasteiger partial charge in [0.15, 0.2) is 0 Å². The van der Waals surface area contributed by atoms with E-state index in [9.17, 15) is 9.59 Å². The lowest BCUT2D eigenvalue weighted by Gasteiger charge is -2.32. The number of aromatic nitrogens is 1. The number of thiophene rings is 1. The van der Waals surface area contributed by atoms with Crippen LogP contribution in [0.1, 0.15) is 28.1 Å². The van der Waals surface area contributed by atoms with Crippen LogP contribution in [0.3, 0.4) is 0 Å². The van der Waals surface area contributed by atoms with Crippen molar-refractivity contribution >= 4 is 17.2 Å². The van der Waals surface area contributed by atoms with Crippen molar-refractivity contribution in [2.45, 2.75) is 19.4 Å². The molecule has 0 bridgehead atoms. The SMILES string of the molecule is Cn1ccc(C(=O)NC[C@@H]2CCCN(Cc3cccs3)C2)cc1=O. The van der Waals surface area contributed by atoms with Gasteiger partial charge in [0, 0.05) is 49.4 Å². The lowest BCUT2D eigenvalue weighted by molar-refractivity contribution is 0.0930. The van der Waals surface area contributed by atoms with Crippen LogP contribution in [0.25, 0.3) is 0 Å². The van der Waals surface area contributed by atoms with Crippen LogP contribution in [-0.2, 0) is 13.6 Å². The molecule has 1 amide bonds. The summed E-state index contributed by atoms with van der Waals surface area (Å²) in [5.41, 5.74) is 0.270. The van der Waals surface area contributed by atoms with Crippen LogP contribution in [0.2, 0.25) is 0 Å².